The van der Waals surface area contributed by atoms with E-state index in [2.05, 4.69) is 0 Å². The van der Waals surface area contributed by atoms with Crippen LogP contribution in [-0.4, -0.2) is 84.4 Å². The fourth-order valence-electron chi connectivity index (χ4n) is 2.27. The van der Waals surface area contributed by atoms with Gasteiger partial charge in [-0.1, -0.05) is 0 Å². The van der Waals surface area contributed by atoms with Crippen molar-refractivity contribution in [2.24, 2.45) is 5.73 Å². The van der Waals surface area contributed by atoms with Gasteiger partial charge in [-0.25, -0.2) is 9.59 Å². The maximum absolute atomic E-state index is 12.5. The van der Waals surface area contributed by atoms with Crippen LogP contribution in [0.25, 0.3) is 0 Å². The molecule has 0 radical (unpaired) electrons. The lowest BCUT2D eigenvalue weighted by Crippen LogP contribution is -2.62. The molecule has 20 heavy (non-hydrogen) atoms. The van der Waals surface area contributed by atoms with Crippen molar-refractivity contribution in [1.82, 2.24) is 9.80 Å². The van der Waals surface area contributed by atoms with Gasteiger partial charge in [-0.05, 0) is 0 Å². The summed E-state index contributed by atoms with van der Waals surface area (Å²) in [5.74, 6) is -1.81. The number of carbonyl (C=O) groups excluding carboxylic acids is 2. The summed E-state index contributed by atoms with van der Waals surface area (Å²) in [7, 11) is 0. The van der Waals surface area contributed by atoms with Crippen molar-refractivity contribution in [1.29, 1.82) is 0 Å². The van der Waals surface area contributed by atoms with E-state index in [1.54, 1.807) is 0 Å². The Balaban J connectivity index is 2.14. The number of carboxylic acid groups (broad SMARTS) is 1. The number of nitrogens with two attached hydrogens (primary N) is 1. The van der Waals surface area contributed by atoms with Crippen molar-refractivity contribution in [3.05, 3.63) is 0 Å². The van der Waals surface area contributed by atoms with Gasteiger partial charge in [0.05, 0.1) is 26.4 Å². The minimum atomic E-state index is -1.14. The second-order valence-corrected chi connectivity index (χ2v) is 4.59. The van der Waals surface area contributed by atoms with Gasteiger partial charge in [0.25, 0.3) is 0 Å². The molecule has 0 aliphatic carbocycles. The molecule has 2 rings (SSSR count). The molecule has 0 aromatic rings. The number of carboxylic acids is 1. The lowest BCUT2D eigenvalue weighted by atomic mass is 10.2. The molecule has 0 aromatic carbocycles. The maximum atomic E-state index is 12.5. The van der Waals surface area contributed by atoms with Crippen LogP contribution in [0.2, 0.25) is 0 Å². The standard InChI is InChI=1S/C11H17N3O6/c12-9(15)7-5-19-3-1-13(7)11(18)14-2-4-20-6-8(14)10(16)17/h7-8H,1-6H2,(H2,12,15)(H,16,17). The summed E-state index contributed by atoms with van der Waals surface area (Å²) in [6, 6.07) is -2.44. The third-order valence-electron chi connectivity index (χ3n) is 3.36. The van der Waals surface area contributed by atoms with Crippen LogP contribution in [0.4, 0.5) is 4.79 Å². The first-order valence-corrected chi connectivity index (χ1v) is 6.27. The number of amides is 3. The molecule has 0 aromatic heterocycles. The van der Waals surface area contributed by atoms with Gasteiger partial charge in [-0.2, -0.15) is 0 Å². The minimum absolute atomic E-state index is 0.0309. The van der Waals surface area contributed by atoms with E-state index in [1.807, 2.05) is 0 Å². The molecule has 0 spiro atoms. The van der Waals surface area contributed by atoms with Gasteiger partial charge < -0.3 is 30.1 Å². The molecule has 112 valence electrons. The monoisotopic (exact) mass is 287 g/mol. The summed E-state index contributed by atoms with van der Waals surface area (Å²) in [5.41, 5.74) is 5.25. The summed E-state index contributed by atoms with van der Waals surface area (Å²) in [5, 5.41) is 9.12. The van der Waals surface area contributed by atoms with Crippen LogP contribution >= 0.6 is 0 Å². The molecule has 0 saturated carbocycles. The zero-order chi connectivity index (χ0) is 14.7. The molecule has 2 fully saturated rings. The van der Waals surface area contributed by atoms with Crippen LogP contribution in [0, 0.1) is 0 Å². The largest absolute Gasteiger partial charge is 0.480 e. The molecule has 2 saturated heterocycles. The van der Waals surface area contributed by atoms with Crippen LogP contribution in [-0.2, 0) is 19.1 Å². The second kappa shape index (κ2) is 6.06. The van der Waals surface area contributed by atoms with Crippen LogP contribution in [0.5, 0.6) is 0 Å². The van der Waals surface area contributed by atoms with Gasteiger partial charge in [0.2, 0.25) is 5.91 Å². The minimum Gasteiger partial charge on any atom is -0.480 e. The number of hydrogen-bond acceptors (Lipinski definition) is 5. The molecule has 2 unspecified atom stereocenters. The molecule has 2 atom stereocenters. The third-order valence-corrected chi connectivity index (χ3v) is 3.36. The SMILES string of the molecule is NC(=O)C1COCCN1C(=O)N1CCOCC1C(=O)O. The van der Waals surface area contributed by atoms with Crippen LogP contribution in [0.3, 0.4) is 0 Å². The van der Waals surface area contributed by atoms with Crippen LogP contribution in [0.15, 0.2) is 0 Å². The summed E-state index contributed by atoms with van der Waals surface area (Å²) in [4.78, 5) is 37.4. The number of morpholine rings is 2. The summed E-state index contributed by atoms with van der Waals surface area (Å²) < 4.78 is 10.2. The number of ether oxygens (including phenoxy) is 2. The van der Waals surface area contributed by atoms with Crippen molar-refractivity contribution < 1.29 is 29.0 Å². The van der Waals surface area contributed by atoms with Gasteiger partial charge in [-0.15, -0.1) is 0 Å². The predicted molar refractivity (Wildman–Crippen MR) is 64.9 cm³/mol. The molecule has 0 bridgehead atoms. The number of aliphatic carboxylic acids is 1. The van der Waals surface area contributed by atoms with E-state index in [1.165, 1.54) is 9.80 Å². The van der Waals surface area contributed by atoms with E-state index in [0.29, 0.717) is 0 Å². The Morgan fingerprint density at radius 3 is 2.00 bits per heavy atom. The number of carbonyl (C=O) groups is 3. The zero-order valence-electron chi connectivity index (χ0n) is 10.9. The Bertz CT molecular complexity index is 379. The van der Waals surface area contributed by atoms with Crippen molar-refractivity contribution in [3.63, 3.8) is 0 Å². The van der Waals surface area contributed by atoms with E-state index >= 15 is 0 Å². The number of primary amides is 1. The quantitative estimate of drug-likeness (QED) is 0.610. The normalized spacial score (nSPS) is 27.2. The van der Waals surface area contributed by atoms with Crippen LogP contribution < -0.4 is 5.73 Å². The third kappa shape index (κ3) is 2.83. The van der Waals surface area contributed by atoms with Gasteiger partial charge in [0.15, 0.2) is 6.04 Å². The van der Waals surface area contributed by atoms with E-state index in [9.17, 15) is 14.4 Å². The van der Waals surface area contributed by atoms with Gasteiger partial charge in [-0.3, -0.25) is 4.79 Å². The second-order valence-electron chi connectivity index (χ2n) is 4.59. The first-order chi connectivity index (χ1) is 9.52. The lowest BCUT2D eigenvalue weighted by Gasteiger charge is -2.40. The van der Waals surface area contributed by atoms with E-state index in [-0.39, 0.29) is 39.5 Å². The highest BCUT2D eigenvalue weighted by Crippen LogP contribution is 2.15. The average molecular weight is 287 g/mol. The molecule has 3 amide bonds. The number of hydrogen-bond donors (Lipinski definition) is 2. The van der Waals surface area contributed by atoms with Crippen molar-refractivity contribution in [3.8, 4) is 0 Å². The molecule has 2 aliphatic rings. The molecule has 9 heteroatoms. The van der Waals surface area contributed by atoms with Crippen LogP contribution in [0.1, 0.15) is 0 Å². The highest BCUT2D eigenvalue weighted by Gasteiger charge is 2.39. The molecule has 2 heterocycles. The molecular formula is C11H17N3O6. The Labute approximate surface area is 115 Å². The molecule has 2 aliphatic heterocycles. The Hall–Kier alpha value is -1.87. The Morgan fingerprint density at radius 2 is 1.50 bits per heavy atom. The molecule has 9 nitrogen and oxygen atoms in total. The predicted octanol–water partition coefficient (Wildman–Crippen LogP) is -1.92. The summed E-state index contributed by atoms with van der Waals surface area (Å²) in [6.07, 6.45) is 0. The summed E-state index contributed by atoms with van der Waals surface area (Å²) >= 11 is 0. The Kier molecular flexibility index (Phi) is 4.40. The highest BCUT2D eigenvalue weighted by atomic mass is 16.5. The van der Waals surface area contributed by atoms with E-state index in [0.717, 1.165) is 0 Å². The smallest absolute Gasteiger partial charge is 0.328 e. The van der Waals surface area contributed by atoms with Crippen molar-refractivity contribution >= 4 is 17.9 Å². The van der Waals surface area contributed by atoms with E-state index in [4.69, 9.17) is 20.3 Å². The molecule has 3 N–H and O–H groups in total. The first-order valence-electron chi connectivity index (χ1n) is 6.27. The zero-order valence-corrected chi connectivity index (χ0v) is 10.9. The maximum Gasteiger partial charge on any atom is 0.328 e. The van der Waals surface area contributed by atoms with Gasteiger partial charge >= 0.3 is 12.0 Å². The number of urea groups is 1. The van der Waals surface area contributed by atoms with E-state index < -0.39 is 30.0 Å². The Morgan fingerprint density at radius 1 is 1.00 bits per heavy atom. The van der Waals surface area contributed by atoms with Crippen molar-refractivity contribution in [2.75, 3.05) is 39.5 Å². The first kappa shape index (κ1) is 14.5. The van der Waals surface area contributed by atoms with Gasteiger partial charge in [0, 0.05) is 13.1 Å². The number of rotatable bonds is 2. The number of nitrogens with zero attached hydrogens (tertiary/aromatic N) is 2. The van der Waals surface area contributed by atoms with Gasteiger partial charge in [0.1, 0.15) is 6.04 Å². The van der Waals surface area contributed by atoms with Crippen molar-refractivity contribution in [2.45, 2.75) is 12.1 Å². The average Bonchev–Trinajstić information content (AvgIpc) is 2.46. The topological polar surface area (TPSA) is 122 Å². The highest BCUT2D eigenvalue weighted by molar-refractivity contribution is 5.88. The fourth-order valence-corrected chi connectivity index (χ4v) is 2.27. The molecular weight excluding hydrogens is 270 g/mol. The lowest BCUT2D eigenvalue weighted by molar-refractivity contribution is -0.148. The fraction of sp³-hybridized carbons (Fsp3) is 0.727. The summed E-state index contributed by atoms with van der Waals surface area (Å²) in [6.45, 7) is 0.892.